The molecule has 1 atom stereocenters. The third kappa shape index (κ3) is 3.63. The van der Waals surface area contributed by atoms with Crippen LogP contribution >= 0.6 is 23.1 Å². The van der Waals surface area contributed by atoms with E-state index in [1.165, 1.54) is 28.6 Å². The fraction of sp³-hybridized carbons (Fsp3) is 0.261. The molecule has 0 unspecified atom stereocenters. The zero-order valence-electron chi connectivity index (χ0n) is 16.5. The summed E-state index contributed by atoms with van der Waals surface area (Å²) in [6.07, 6.45) is 4.28. The lowest BCUT2D eigenvalue weighted by Gasteiger charge is -2.12. The van der Waals surface area contributed by atoms with E-state index < -0.39 is 5.25 Å². The number of H-pyrrole nitrogens is 1. The summed E-state index contributed by atoms with van der Waals surface area (Å²) in [7, 11) is 0. The number of nitrogens with zero attached hydrogens (tertiary/aromatic N) is 1. The zero-order valence-corrected chi connectivity index (χ0v) is 18.2. The summed E-state index contributed by atoms with van der Waals surface area (Å²) in [5.74, 6) is -0.122. The highest BCUT2D eigenvalue weighted by Crippen LogP contribution is 2.34. The van der Waals surface area contributed by atoms with Gasteiger partial charge in [-0.15, -0.1) is 11.3 Å². The molecule has 0 spiro atoms. The number of nitrogens with one attached hydrogen (secondary N) is 2. The van der Waals surface area contributed by atoms with Gasteiger partial charge in [-0.25, -0.2) is 4.98 Å². The molecule has 1 aliphatic rings. The van der Waals surface area contributed by atoms with Crippen molar-refractivity contribution in [2.75, 3.05) is 5.32 Å². The lowest BCUT2D eigenvalue weighted by atomic mass is 9.97. The molecule has 5 nitrogen and oxygen atoms in total. The van der Waals surface area contributed by atoms with Gasteiger partial charge in [0.2, 0.25) is 5.91 Å². The van der Waals surface area contributed by atoms with Gasteiger partial charge < -0.3 is 10.3 Å². The van der Waals surface area contributed by atoms with Crippen molar-refractivity contribution >= 4 is 55.7 Å². The fourth-order valence-corrected chi connectivity index (χ4v) is 6.05. The van der Waals surface area contributed by atoms with Gasteiger partial charge in [-0.1, -0.05) is 42.1 Å². The van der Waals surface area contributed by atoms with Gasteiger partial charge in [0.05, 0.1) is 10.6 Å². The van der Waals surface area contributed by atoms with Gasteiger partial charge in [0.15, 0.2) is 5.16 Å². The van der Waals surface area contributed by atoms with Crippen LogP contribution in [0.3, 0.4) is 0 Å². The molecule has 7 heteroatoms. The van der Waals surface area contributed by atoms with E-state index in [2.05, 4.69) is 15.3 Å². The van der Waals surface area contributed by atoms with E-state index in [0.29, 0.717) is 5.16 Å². The summed E-state index contributed by atoms with van der Waals surface area (Å²) in [4.78, 5) is 35.0. The number of carbonyl (C=O) groups is 1. The first-order chi connectivity index (χ1) is 14.6. The number of hydrogen-bond acceptors (Lipinski definition) is 5. The second-order valence-electron chi connectivity index (χ2n) is 7.57. The normalized spacial score (nSPS) is 14.6. The van der Waals surface area contributed by atoms with Crippen molar-refractivity contribution in [1.29, 1.82) is 0 Å². The van der Waals surface area contributed by atoms with Gasteiger partial charge >= 0.3 is 0 Å². The number of aromatic amines is 1. The van der Waals surface area contributed by atoms with Crippen LogP contribution in [0, 0.1) is 0 Å². The number of aromatic nitrogens is 2. The quantitative estimate of drug-likeness (QED) is 0.344. The van der Waals surface area contributed by atoms with Crippen LogP contribution in [-0.4, -0.2) is 21.1 Å². The Morgan fingerprint density at radius 3 is 2.83 bits per heavy atom. The first-order valence-corrected chi connectivity index (χ1v) is 11.8. The highest BCUT2D eigenvalue weighted by Gasteiger charge is 2.21. The Labute approximate surface area is 181 Å². The lowest BCUT2D eigenvalue weighted by molar-refractivity contribution is -0.115. The number of fused-ring (bicyclic) bond motifs is 4. The molecule has 30 heavy (non-hydrogen) atoms. The molecule has 0 saturated heterocycles. The number of carbonyl (C=O) groups excluding carboxylic acids is 1. The monoisotopic (exact) mass is 435 g/mol. The first kappa shape index (κ1) is 19.3. The van der Waals surface area contributed by atoms with Crippen molar-refractivity contribution in [3.63, 3.8) is 0 Å². The largest absolute Gasteiger partial charge is 0.325 e. The van der Waals surface area contributed by atoms with Gasteiger partial charge in [0.25, 0.3) is 5.56 Å². The number of rotatable bonds is 4. The summed E-state index contributed by atoms with van der Waals surface area (Å²) in [6.45, 7) is 1.82. The minimum atomic E-state index is -0.397. The Hall–Kier alpha value is -2.64. The lowest BCUT2D eigenvalue weighted by Crippen LogP contribution is -2.23. The first-order valence-electron chi connectivity index (χ1n) is 10.1. The third-order valence-corrected chi connectivity index (χ3v) is 7.65. The molecule has 2 N–H and O–H groups in total. The molecular weight excluding hydrogens is 414 g/mol. The predicted molar refractivity (Wildman–Crippen MR) is 125 cm³/mol. The van der Waals surface area contributed by atoms with Gasteiger partial charge in [-0.2, -0.15) is 0 Å². The van der Waals surface area contributed by atoms with Crippen LogP contribution in [0.15, 0.2) is 52.4 Å². The van der Waals surface area contributed by atoms with Gasteiger partial charge in [-0.05, 0) is 61.1 Å². The Morgan fingerprint density at radius 1 is 1.17 bits per heavy atom. The van der Waals surface area contributed by atoms with Crippen molar-refractivity contribution < 1.29 is 4.79 Å². The third-order valence-electron chi connectivity index (χ3n) is 5.48. The standard InChI is InChI=1S/C23H21N3O2S2/c1-13(20(27)24-16-11-10-14-6-2-3-7-15(14)12-16)29-23-25-21(28)19-17-8-4-5-9-18(17)30-22(19)26-23/h2-3,6-7,10-13H,4-5,8-9H2,1H3,(H,24,27)(H,25,26,28)/t13-/m1/s1. The van der Waals surface area contributed by atoms with Crippen LogP contribution in [0.1, 0.15) is 30.2 Å². The van der Waals surface area contributed by atoms with Crippen LogP contribution in [0.2, 0.25) is 0 Å². The van der Waals surface area contributed by atoms with Crippen LogP contribution in [-0.2, 0) is 17.6 Å². The molecule has 4 aromatic rings. The number of amides is 1. The number of anilines is 1. The number of thiophene rings is 1. The summed E-state index contributed by atoms with van der Waals surface area (Å²) in [5, 5.41) is 6.02. The van der Waals surface area contributed by atoms with Crippen molar-refractivity contribution in [3.05, 3.63) is 63.3 Å². The predicted octanol–water partition coefficient (Wildman–Crippen LogP) is 5.14. The molecule has 2 aromatic carbocycles. The minimum absolute atomic E-state index is 0.0935. The second-order valence-corrected chi connectivity index (χ2v) is 9.99. The maximum atomic E-state index is 12.7. The van der Waals surface area contributed by atoms with Gasteiger partial charge in [0.1, 0.15) is 4.83 Å². The van der Waals surface area contributed by atoms with E-state index >= 15 is 0 Å². The summed E-state index contributed by atoms with van der Waals surface area (Å²) < 4.78 is 0. The van der Waals surface area contributed by atoms with Crippen molar-refractivity contribution in [2.45, 2.75) is 43.0 Å². The molecule has 0 saturated carbocycles. The van der Waals surface area contributed by atoms with Crippen LogP contribution < -0.4 is 10.9 Å². The Morgan fingerprint density at radius 2 is 1.97 bits per heavy atom. The maximum absolute atomic E-state index is 12.7. The van der Waals surface area contributed by atoms with Crippen molar-refractivity contribution in [1.82, 2.24) is 9.97 Å². The van der Waals surface area contributed by atoms with E-state index in [4.69, 9.17) is 0 Å². The number of hydrogen-bond donors (Lipinski definition) is 2. The minimum Gasteiger partial charge on any atom is -0.325 e. The van der Waals surface area contributed by atoms with E-state index in [1.54, 1.807) is 11.3 Å². The average molecular weight is 436 g/mol. The smallest absolute Gasteiger partial charge is 0.260 e. The van der Waals surface area contributed by atoms with Gasteiger partial charge in [-0.3, -0.25) is 9.59 Å². The highest BCUT2D eigenvalue weighted by molar-refractivity contribution is 8.00. The topological polar surface area (TPSA) is 74.8 Å². The van der Waals surface area contributed by atoms with E-state index in [1.807, 2.05) is 49.4 Å². The Balaban J connectivity index is 1.35. The summed E-state index contributed by atoms with van der Waals surface area (Å²) in [6, 6.07) is 13.9. The Kier molecular flexibility index (Phi) is 5.08. The van der Waals surface area contributed by atoms with E-state index in [0.717, 1.165) is 45.9 Å². The van der Waals surface area contributed by atoms with Crippen LogP contribution in [0.4, 0.5) is 5.69 Å². The molecule has 1 amide bonds. The van der Waals surface area contributed by atoms with Crippen LogP contribution in [0.25, 0.3) is 21.0 Å². The molecule has 1 aliphatic carbocycles. The second kappa shape index (κ2) is 7.89. The van der Waals surface area contributed by atoms with E-state index in [-0.39, 0.29) is 11.5 Å². The average Bonchev–Trinajstić information content (AvgIpc) is 3.12. The van der Waals surface area contributed by atoms with Crippen LogP contribution in [0.5, 0.6) is 0 Å². The molecule has 2 aromatic heterocycles. The maximum Gasteiger partial charge on any atom is 0.260 e. The molecule has 0 radical (unpaired) electrons. The molecular formula is C23H21N3O2S2. The molecule has 0 fully saturated rings. The highest BCUT2D eigenvalue weighted by atomic mass is 32.2. The van der Waals surface area contributed by atoms with E-state index in [9.17, 15) is 9.59 Å². The Bertz CT molecular complexity index is 1330. The zero-order chi connectivity index (χ0) is 20.7. The molecule has 5 rings (SSSR count). The van der Waals surface area contributed by atoms with Gasteiger partial charge in [0, 0.05) is 10.6 Å². The van der Waals surface area contributed by atoms with Crippen molar-refractivity contribution in [3.8, 4) is 0 Å². The van der Waals surface area contributed by atoms with Crippen molar-refractivity contribution in [2.24, 2.45) is 0 Å². The number of thioether (sulfide) groups is 1. The molecule has 2 heterocycles. The molecule has 0 aliphatic heterocycles. The summed E-state index contributed by atoms with van der Waals surface area (Å²) in [5.41, 5.74) is 1.84. The fourth-order valence-electron chi connectivity index (χ4n) is 3.93. The number of aryl methyl sites for hydroxylation is 2. The number of benzene rings is 2. The molecule has 0 bridgehead atoms. The summed E-state index contributed by atoms with van der Waals surface area (Å²) >= 11 is 2.90. The molecule has 152 valence electrons. The SMILES string of the molecule is C[C@@H](Sc1nc2sc3c(c2c(=O)[nH]1)CCCC3)C(=O)Nc1ccc2ccccc2c1.